The first-order valence-corrected chi connectivity index (χ1v) is 6.83. The number of piperidine rings is 1. The molecule has 0 radical (unpaired) electrons. The largest absolute Gasteiger partial charge is 0.480 e. The highest BCUT2D eigenvalue weighted by Gasteiger charge is 2.21. The van der Waals surface area contributed by atoms with Crippen molar-refractivity contribution >= 4 is 11.7 Å². The fourth-order valence-corrected chi connectivity index (χ4v) is 2.75. The van der Waals surface area contributed by atoms with Crippen LogP contribution in [0.5, 0.6) is 0 Å². The second-order valence-electron chi connectivity index (χ2n) is 5.35. The minimum atomic E-state index is -0.788. The zero-order valence-corrected chi connectivity index (χ0v) is 11.6. The number of nitrogens with zero attached hydrogens (tertiary/aromatic N) is 1. The Morgan fingerprint density at radius 2 is 2.26 bits per heavy atom. The van der Waals surface area contributed by atoms with E-state index in [4.69, 9.17) is 5.11 Å². The monoisotopic (exact) mass is 262 g/mol. The Morgan fingerprint density at radius 3 is 2.95 bits per heavy atom. The molecule has 1 aromatic carbocycles. The molecule has 0 bridgehead atoms. The van der Waals surface area contributed by atoms with Crippen LogP contribution in [0.15, 0.2) is 18.2 Å². The van der Waals surface area contributed by atoms with Crippen molar-refractivity contribution in [3.63, 3.8) is 0 Å². The lowest BCUT2D eigenvalue weighted by Crippen LogP contribution is -2.47. The minimum absolute atomic E-state index is 0.0470. The van der Waals surface area contributed by atoms with Crippen LogP contribution in [0.1, 0.15) is 24.0 Å². The number of hydrogen-bond acceptors (Lipinski definition) is 3. The lowest BCUT2D eigenvalue weighted by atomic mass is 10.0. The SMILES string of the molecule is Cc1ccc(N2CCCC(NCC(=O)O)C2)c(C)c1. The van der Waals surface area contributed by atoms with E-state index in [1.807, 2.05) is 0 Å². The minimum Gasteiger partial charge on any atom is -0.480 e. The van der Waals surface area contributed by atoms with Crippen LogP contribution in [0.3, 0.4) is 0 Å². The van der Waals surface area contributed by atoms with E-state index < -0.39 is 5.97 Å². The predicted molar refractivity (Wildman–Crippen MR) is 76.8 cm³/mol. The molecule has 1 aliphatic rings. The Balaban J connectivity index is 2.02. The number of carbonyl (C=O) groups is 1. The number of aryl methyl sites for hydroxylation is 2. The van der Waals surface area contributed by atoms with Gasteiger partial charge in [-0.25, -0.2) is 0 Å². The van der Waals surface area contributed by atoms with Gasteiger partial charge in [-0.1, -0.05) is 17.7 Å². The van der Waals surface area contributed by atoms with Gasteiger partial charge in [-0.3, -0.25) is 4.79 Å². The molecule has 104 valence electrons. The van der Waals surface area contributed by atoms with Crippen molar-refractivity contribution in [3.05, 3.63) is 29.3 Å². The zero-order chi connectivity index (χ0) is 13.8. The van der Waals surface area contributed by atoms with Crippen molar-refractivity contribution < 1.29 is 9.90 Å². The number of hydrogen-bond donors (Lipinski definition) is 2. The second kappa shape index (κ2) is 6.06. The van der Waals surface area contributed by atoms with Gasteiger partial charge in [-0.15, -0.1) is 0 Å². The van der Waals surface area contributed by atoms with Crippen molar-refractivity contribution in [2.45, 2.75) is 32.7 Å². The number of aliphatic carboxylic acids is 1. The van der Waals surface area contributed by atoms with Gasteiger partial charge in [0.05, 0.1) is 6.54 Å². The molecule has 4 nitrogen and oxygen atoms in total. The van der Waals surface area contributed by atoms with Crippen LogP contribution < -0.4 is 10.2 Å². The summed E-state index contributed by atoms with van der Waals surface area (Å²) >= 11 is 0. The topological polar surface area (TPSA) is 52.6 Å². The Labute approximate surface area is 114 Å². The number of carboxylic acids is 1. The first-order valence-electron chi connectivity index (χ1n) is 6.83. The third-order valence-corrected chi connectivity index (χ3v) is 3.66. The van der Waals surface area contributed by atoms with E-state index in [0.29, 0.717) is 0 Å². The molecule has 0 saturated carbocycles. The average molecular weight is 262 g/mol. The lowest BCUT2D eigenvalue weighted by Gasteiger charge is -2.35. The van der Waals surface area contributed by atoms with Crippen LogP contribution in [0.25, 0.3) is 0 Å². The molecule has 4 heteroatoms. The summed E-state index contributed by atoms with van der Waals surface area (Å²) < 4.78 is 0. The summed E-state index contributed by atoms with van der Waals surface area (Å²) in [5.41, 5.74) is 3.84. The van der Waals surface area contributed by atoms with E-state index in [1.165, 1.54) is 16.8 Å². The van der Waals surface area contributed by atoms with Crippen LogP contribution in [0.2, 0.25) is 0 Å². The molecule has 2 rings (SSSR count). The number of rotatable bonds is 4. The first-order chi connectivity index (χ1) is 9.06. The number of nitrogens with one attached hydrogen (secondary N) is 1. The van der Waals surface area contributed by atoms with Gasteiger partial charge in [0.25, 0.3) is 0 Å². The molecule has 2 N–H and O–H groups in total. The molecule has 1 saturated heterocycles. The Bertz CT molecular complexity index is 459. The van der Waals surface area contributed by atoms with E-state index >= 15 is 0 Å². The zero-order valence-electron chi connectivity index (χ0n) is 11.6. The van der Waals surface area contributed by atoms with Crippen molar-refractivity contribution in [1.29, 1.82) is 0 Å². The molecule has 1 fully saturated rings. The van der Waals surface area contributed by atoms with Gasteiger partial charge in [0, 0.05) is 24.8 Å². The van der Waals surface area contributed by atoms with E-state index in [-0.39, 0.29) is 12.6 Å². The first kappa shape index (κ1) is 13.9. The maximum atomic E-state index is 10.6. The van der Waals surface area contributed by atoms with Crippen LogP contribution in [-0.2, 0) is 4.79 Å². The molecule has 1 unspecified atom stereocenters. The highest BCUT2D eigenvalue weighted by molar-refractivity contribution is 5.69. The van der Waals surface area contributed by atoms with Gasteiger partial charge >= 0.3 is 5.97 Å². The Hall–Kier alpha value is -1.55. The van der Waals surface area contributed by atoms with Gasteiger partial charge in [0.15, 0.2) is 0 Å². The van der Waals surface area contributed by atoms with Gasteiger partial charge < -0.3 is 15.3 Å². The van der Waals surface area contributed by atoms with E-state index in [1.54, 1.807) is 0 Å². The third-order valence-electron chi connectivity index (χ3n) is 3.66. The smallest absolute Gasteiger partial charge is 0.317 e. The van der Waals surface area contributed by atoms with Crippen LogP contribution in [0, 0.1) is 13.8 Å². The van der Waals surface area contributed by atoms with Gasteiger partial charge in [0.2, 0.25) is 0 Å². The fourth-order valence-electron chi connectivity index (χ4n) is 2.75. The maximum Gasteiger partial charge on any atom is 0.317 e. The van der Waals surface area contributed by atoms with Crippen molar-refractivity contribution in [1.82, 2.24) is 5.32 Å². The Morgan fingerprint density at radius 1 is 1.47 bits per heavy atom. The molecule has 1 aromatic rings. The number of carboxylic acid groups (broad SMARTS) is 1. The highest BCUT2D eigenvalue weighted by Crippen LogP contribution is 2.24. The molecule has 0 amide bonds. The van der Waals surface area contributed by atoms with Crippen molar-refractivity contribution in [2.75, 3.05) is 24.5 Å². The molecule has 0 aliphatic carbocycles. The van der Waals surface area contributed by atoms with Crippen molar-refractivity contribution in [2.24, 2.45) is 0 Å². The summed E-state index contributed by atoms with van der Waals surface area (Å²) in [5, 5.41) is 11.8. The highest BCUT2D eigenvalue weighted by atomic mass is 16.4. The summed E-state index contributed by atoms with van der Waals surface area (Å²) in [6.45, 7) is 6.22. The summed E-state index contributed by atoms with van der Waals surface area (Å²) in [6.07, 6.45) is 2.15. The molecule has 19 heavy (non-hydrogen) atoms. The molecular formula is C15H22N2O2. The third kappa shape index (κ3) is 3.70. The molecule has 1 atom stereocenters. The number of benzene rings is 1. The molecular weight excluding hydrogens is 240 g/mol. The molecule has 1 aliphatic heterocycles. The summed E-state index contributed by atoms with van der Waals surface area (Å²) in [4.78, 5) is 13.0. The van der Waals surface area contributed by atoms with Gasteiger partial charge in [-0.2, -0.15) is 0 Å². The maximum absolute atomic E-state index is 10.6. The van der Waals surface area contributed by atoms with Gasteiger partial charge in [0.1, 0.15) is 0 Å². The second-order valence-corrected chi connectivity index (χ2v) is 5.35. The van der Waals surface area contributed by atoms with E-state index in [0.717, 1.165) is 25.9 Å². The van der Waals surface area contributed by atoms with E-state index in [2.05, 4.69) is 42.3 Å². The van der Waals surface area contributed by atoms with E-state index in [9.17, 15) is 4.79 Å². The number of anilines is 1. The van der Waals surface area contributed by atoms with Crippen LogP contribution in [0.4, 0.5) is 5.69 Å². The standard InChI is InChI=1S/C15H22N2O2/c1-11-5-6-14(12(2)8-11)17-7-3-4-13(10-17)16-9-15(18)19/h5-6,8,13,16H,3-4,7,9-10H2,1-2H3,(H,18,19). The summed E-state index contributed by atoms with van der Waals surface area (Å²) in [7, 11) is 0. The summed E-state index contributed by atoms with van der Waals surface area (Å²) in [5.74, 6) is -0.788. The predicted octanol–water partition coefficient (Wildman–Crippen LogP) is 1.95. The summed E-state index contributed by atoms with van der Waals surface area (Å²) in [6, 6.07) is 6.77. The van der Waals surface area contributed by atoms with Crippen LogP contribution in [-0.4, -0.2) is 36.8 Å². The normalized spacial score (nSPS) is 19.5. The van der Waals surface area contributed by atoms with Gasteiger partial charge in [-0.05, 0) is 38.3 Å². The molecule has 1 heterocycles. The average Bonchev–Trinajstić information content (AvgIpc) is 2.36. The Kier molecular flexibility index (Phi) is 4.43. The van der Waals surface area contributed by atoms with Crippen molar-refractivity contribution in [3.8, 4) is 0 Å². The van der Waals surface area contributed by atoms with Crippen LogP contribution >= 0.6 is 0 Å². The lowest BCUT2D eigenvalue weighted by molar-refractivity contribution is -0.136. The molecule has 0 aromatic heterocycles. The quantitative estimate of drug-likeness (QED) is 0.871. The fraction of sp³-hybridized carbons (Fsp3) is 0.533. The molecule has 0 spiro atoms.